The van der Waals surface area contributed by atoms with Crippen molar-refractivity contribution >= 4 is 5.78 Å². The Morgan fingerprint density at radius 1 is 1.50 bits per heavy atom. The number of Topliss-reactive ketones (excluding diaryl/α,β-unsaturated/α-hetero) is 1. The lowest BCUT2D eigenvalue weighted by molar-refractivity contribution is -0.300. The molecular formula is C8H14NO7-. The summed E-state index contributed by atoms with van der Waals surface area (Å²) in [7, 11) is 0. The molecule has 8 nitrogen and oxygen atoms in total. The molecule has 0 radical (unpaired) electrons. The summed E-state index contributed by atoms with van der Waals surface area (Å²) >= 11 is 0. The molecule has 16 heavy (non-hydrogen) atoms. The zero-order valence-corrected chi connectivity index (χ0v) is 8.53. The second kappa shape index (κ2) is 4.72. The third-order valence-electron chi connectivity index (χ3n) is 2.64. The van der Waals surface area contributed by atoms with Gasteiger partial charge in [-0.25, -0.2) is 0 Å². The van der Waals surface area contributed by atoms with Crippen molar-refractivity contribution in [2.24, 2.45) is 0 Å². The summed E-state index contributed by atoms with van der Waals surface area (Å²) in [6.07, 6.45) is -4.64. The molecule has 0 aromatic rings. The van der Waals surface area contributed by atoms with E-state index in [4.69, 9.17) is 9.84 Å². The first-order valence-corrected chi connectivity index (χ1v) is 4.64. The summed E-state index contributed by atoms with van der Waals surface area (Å²) in [4.78, 5) is 11.2. The molecule has 1 aliphatic heterocycles. The Morgan fingerprint density at radius 3 is 2.44 bits per heavy atom. The first kappa shape index (κ1) is 13.5. The van der Waals surface area contributed by atoms with Gasteiger partial charge in [-0.05, 0) is 0 Å². The molecule has 0 bridgehead atoms. The molecule has 0 amide bonds. The van der Waals surface area contributed by atoms with Gasteiger partial charge in [0.15, 0.2) is 5.78 Å². The molecule has 5 N–H and O–H groups in total. The van der Waals surface area contributed by atoms with Crippen LogP contribution in [0.4, 0.5) is 0 Å². The van der Waals surface area contributed by atoms with Gasteiger partial charge in [-0.3, -0.25) is 4.79 Å². The minimum atomic E-state index is -2.56. The number of carbonyl (C=O) groups excluding carboxylic acids is 1. The topological polar surface area (TPSA) is 142 Å². The van der Waals surface area contributed by atoms with Gasteiger partial charge < -0.3 is 35.9 Å². The lowest BCUT2D eigenvalue weighted by Gasteiger charge is -2.47. The molecule has 1 unspecified atom stereocenters. The van der Waals surface area contributed by atoms with Gasteiger partial charge in [0, 0.05) is 6.92 Å². The Balaban J connectivity index is 3.03. The predicted octanol–water partition coefficient (Wildman–Crippen LogP) is -3.17. The highest BCUT2D eigenvalue weighted by molar-refractivity contribution is 5.84. The minimum Gasteiger partial charge on any atom is -0.787 e. The molecule has 5 atom stereocenters. The van der Waals surface area contributed by atoms with Crippen molar-refractivity contribution < 1.29 is 30.0 Å². The molecule has 0 saturated carbocycles. The van der Waals surface area contributed by atoms with Gasteiger partial charge in [-0.15, -0.1) is 0 Å². The molecule has 1 aliphatic rings. The number of hydrogen-bond donors (Lipinski definition) is 5. The number of ketones is 1. The van der Waals surface area contributed by atoms with Crippen LogP contribution in [0.2, 0.25) is 0 Å². The summed E-state index contributed by atoms with van der Waals surface area (Å²) in [5.41, 5.74) is 1.26. The second-order valence-electron chi connectivity index (χ2n) is 3.67. The van der Waals surface area contributed by atoms with Crippen molar-refractivity contribution in [3.8, 4) is 0 Å². The summed E-state index contributed by atoms with van der Waals surface area (Å²) in [6, 6.07) is -1.71. The van der Waals surface area contributed by atoms with Gasteiger partial charge in [0.2, 0.25) is 5.79 Å². The lowest BCUT2D eigenvalue weighted by Crippen LogP contribution is -2.71. The molecular weight excluding hydrogens is 222 g/mol. The third kappa shape index (κ3) is 1.96. The molecule has 0 aromatic heterocycles. The van der Waals surface area contributed by atoms with E-state index in [0.29, 0.717) is 0 Å². The van der Waals surface area contributed by atoms with Gasteiger partial charge in [0.25, 0.3) is 0 Å². The van der Waals surface area contributed by atoms with Crippen LogP contribution in [0.1, 0.15) is 6.92 Å². The van der Waals surface area contributed by atoms with Crippen molar-refractivity contribution in [2.75, 3.05) is 6.61 Å². The van der Waals surface area contributed by atoms with E-state index in [1.807, 2.05) is 0 Å². The van der Waals surface area contributed by atoms with Crippen molar-refractivity contribution in [3.63, 3.8) is 0 Å². The summed E-state index contributed by atoms with van der Waals surface area (Å²) in [6.45, 7) is 0.253. The van der Waals surface area contributed by atoms with Crippen LogP contribution in [0.3, 0.4) is 0 Å². The Labute approximate surface area is 91.0 Å². The van der Waals surface area contributed by atoms with E-state index in [9.17, 15) is 25.3 Å². The SMILES string of the molecule is CC(=O)C1(O)O[C@H](CO)[C@@H](O)[C@H](O)[C@H]1N[O-]. The molecule has 0 aliphatic carbocycles. The highest BCUT2D eigenvalue weighted by atomic mass is 16.7. The number of carbonyl (C=O) groups is 1. The van der Waals surface area contributed by atoms with Crippen molar-refractivity contribution in [2.45, 2.75) is 37.1 Å². The van der Waals surface area contributed by atoms with Crippen LogP contribution in [0, 0.1) is 5.21 Å². The summed E-state index contributed by atoms with van der Waals surface area (Å²) in [5, 5.41) is 48.1. The fourth-order valence-electron chi connectivity index (χ4n) is 1.62. The van der Waals surface area contributed by atoms with Crippen LogP contribution in [-0.4, -0.2) is 63.0 Å². The van der Waals surface area contributed by atoms with E-state index in [0.717, 1.165) is 6.92 Å². The van der Waals surface area contributed by atoms with Gasteiger partial charge in [-0.2, -0.15) is 0 Å². The van der Waals surface area contributed by atoms with Crippen LogP contribution in [-0.2, 0) is 9.53 Å². The highest BCUT2D eigenvalue weighted by Gasteiger charge is 2.54. The molecule has 1 fully saturated rings. The summed E-state index contributed by atoms with van der Waals surface area (Å²) < 4.78 is 4.75. The predicted molar refractivity (Wildman–Crippen MR) is 49.9 cm³/mol. The van der Waals surface area contributed by atoms with Crippen molar-refractivity contribution in [3.05, 3.63) is 5.21 Å². The maximum Gasteiger partial charge on any atom is 0.244 e. The quantitative estimate of drug-likeness (QED) is 0.323. The summed E-state index contributed by atoms with van der Waals surface area (Å²) in [5.74, 6) is -3.47. The average Bonchev–Trinajstić information content (AvgIpc) is 2.24. The molecule has 0 spiro atoms. The Kier molecular flexibility index (Phi) is 3.97. The van der Waals surface area contributed by atoms with E-state index in [2.05, 4.69) is 0 Å². The van der Waals surface area contributed by atoms with Gasteiger partial charge in [-0.1, -0.05) is 0 Å². The normalized spacial score (nSPS) is 44.4. The third-order valence-corrected chi connectivity index (χ3v) is 2.64. The van der Waals surface area contributed by atoms with E-state index in [1.54, 1.807) is 0 Å². The van der Waals surface area contributed by atoms with Gasteiger partial charge in [0.05, 0.1) is 12.6 Å². The standard InChI is InChI=1S/C8H14NO7/c1-3(11)8(14)7(9-15)6(13)5(12)4(2-10)16-8/h4-7,9-10,12-14H,2H2,1H3/q-1/t4-,5-,6+,7-,8?/m1/s1. The zero-order valence-electron chi connectivity index (χ0n) is 8.53. The number of ether oxygens (including phenoxy) is 1. The van der Waals surface area contributed by atoms with Gasteiger partial charge >= 0.3 is 0 Å². The van der Waals surface area contributed by atoms with Crippen LogP contribution in [0.5, 0.6) is 0 Å². The van der Waals surface area contributed by atoms with E-state index < -0.39 is 42.5 Å². The number of nitrogens with one attached hydrogen (secondary N) is 1. The molecule has 1 saturated heterocycles. The minimum absolute atomic E-state index is 0.709. The Bertz CT molecular complexity index is 273. The highest BCUT2D eigenvalue weighted by Crippen LogP contribution is 2.28. The van der Waals surface area contributed by atoms with E-state index >= 15 is 0 Å². The average molecular weight is 236 g/mol. The number of hydroxylamine groups is 1. The maximum atomic E-state index is 11.2. The largest absolute Gasteiger partial charge is 0.787 e. The lowest BCUT2D eigenvalue weighted by atomic mass is 9.89. The number of aliphatic hydroxyl groups is 4. The van der Waals surface area contributed by atoms with Crippen molar-refractivity contribution in [1.29, 1.82) is 0 Å². The van der Waals surface area contributed by atoms with Crippen LogP contribution < -0.4 is 5.48 Å². The first-order chi connectivity index (χ1) is 7.38. The first-order valence-electron chi connectivity index (χ1n) is 4.64. The van der Waals surface area contributed by atoms with Crippen LogP contribution in [0.15, 0.2) is 0 Å². The Morgan fingerprint density at radius 2 is 2.06 bits per heavy atom. The number of hydrogen-bond acceptors (Lipinski definition) is 8. The molecule has 8 heteroatoms. The molecule has 1 heterocycles. The monoisotopic (exact) mass is 236 g/mol. The van der Waals surface area contributed by atoms with Crippen LogP contribution in [0.25, 0.3) is 0 Å². The zero-order chi connectivity index (χ0) is 12.5. The molecule has 1 rings (SSSR count). The Hall–Kier alpha value is -0.610. The van der Waals surface area contributed by atoms with Gasteiger partial charge in [0.1, 0.15) is 18.3 Å². The van der Waals surface area contributed by atoms with Crippen molar-refractivity contribution in [1.82, 2.24) is 5.48 Å². The second-order valence-corrected chi connectivity index (χ2v) is 3.67. The van der Waals surface area contributed by atoms with E-state index in [1.165, 1.54) is 5.48 Å². The fraction of sp³-hybridized carbons (Fsp3) is 0.875. The van der Waals surface area contributed by atoms with E-state index in [-0.39, 0.29) is 0 Å². The number of aliphatic hydroxyl groups excluding tert-OH is 3. The molecule has 94 valence electrons. The molecule has 0 aromatic carbocycles. The maximum absolute atomic E-state index is 11.2. The fourth-order valence-corrected chi connectivity index (χ4v) is 1.62. The van der Waals surface area contributed by atoms with Crippen LogP contribution >= 0.6 is 0 Å². The number of rotatable bonds is 3. The smallest absolute Gasteiger partial charge is 0.244 e.